The van der Waals surface area contributed by atoms with Gasteiger partial charge in [0.2, 0.25) is 5.95 Å². The lowest BCUT2D eigenvalue weighted by atomic mass is 9.98. The van der Waals surface area contributed by atoms with E-state index in [0.29, 0.717) is 6.54 Å². The summed E-state index contributed by atoms with van der Waals surface area (Å²) in [5, 5.41) is 11.3. The van der Waals surface area contributed by atoms with Gasteiger partial charge in [-0.25, -0.2) is 0 Å². The van der Waals surface area contributed by atoms with Crippen LogP contribution in [0.1, 0.15) is 17.3 Å². The Labute approximate surface area is 101 Å². The molecule has 0 aliphatic heterocycles. The first-order chi connectivity index (χ1) is 8.27. The summed E-state index contributed by atoms with van der Waals surface area (Å²) in [6.07, 6.45) is 0. The second-order valence-electron chi connectivity index (χ2n) is 3.89. The van der Waals surface area contributed by atoms with Gasteiger partial charge in [-0.1, -0.05) is 30.3 Å². The maximum absolute atomic E-state index is 5.85. The molecular weight excluding hydrogens is 214 g/mol. The molecule has 5 nitrogen and oxygen atoms in total. The number of nitrogens with zero attached hydrogens (tertiary/aromatic N) is 3. The highest BCUT2D eigenvalue weighted by atomic mass is 15.3. The normalized spacial score (nSPS) is 12.4. The van der Waals surface area contributed by atoms with E-state index in [1.54, 1.807) is 0 Å². The van der Waals surface area contributed by atoms with Gasteiger partial charge in [-0.3, -0.25) is 0 Å². The summed E-state index contributed by atoms with van der Waals surface area (Å²) in [5.41, 5.74) is 7.02. The molecule has 1 unspecified atom stereocenters. The van der Waals surface area contributed by atoms with Gasteiger partial charge < -0.3 is 15.6 Å². The standard InChI is InChI=1S/C12H17N5/c1-14-12-16-15-11(17(12)2)10(8-13)9-6-4-3-5-7-9/h3-7,10H,8,13H2,1-2H3,(H,14,16). The third-order valence-electron chi connectivity index (χ3n) is 2.88. The molecule has 1 aromatic heterocycles. The van der Waals surface area contributed by atoms with Crippen molar-refractivity contribution < 1.29 is 0 Å². The van der Waals surface area contributed by atoms with Crippen LogP contribution in [0, 0.1) is 0 Å². The van der Waals surface area contributed by atoms with Crippen LogP contribution in [0.5, 0.6) is 0 Å². The van der Waals surface area contributed by atoms with Crippen LogP contribution >= 0.6 is 0 Å². The second-order valence-corrected chi connectivity index (χ2v) is 3.89. The molecule has 17 heavy (non-hydrogen) atoms. The van der Waals surface area contributed by atoms with Gasteiger partial charge in [0, 0.05) is 20.6 Å². The highest BCUT2D eigenvalue weighted by Crippen LogP contribution is 2.22. The third-order valence-corrected chi connectivity index (χ3v) is 2.88. The average Bonchev–Trinajstić information content (AvgIpc) is 2.73. The topological polar surface area (TPSA) is 68.8 Å². The fraction of sp³-hybridized carbons (Fsp3) is 0.333. The molecule has 1 heterocycles. The van der Waals surface area contributed by atoms with Crippen molar-refractivity contribution in [3.05, 3.63) is 41.7 Å². The minimum absolute atomic E-state index is 0.0794. The number of hydrogen-bond acceptors (Lipinski definition) is 4. The van der Waals surface area contributed by atoms with E-state index in [4.69, 9.17) is 5.73 Å². The molecule has 3 N–H and O–H groups in total. The summed E-state index contributed by atoms with van der Waals surface area (Å²) in [6, 6.07) is 10.1. The largest absolute Gasteiger partial charge is 0.357 e. The molecule has 90 valence electrons. The minimum atomic E-state index is 0.0794. The van der Waals surface area contributed by atoms with E-state index >= 15 is 0 Å². The van der Waals surface area contributed by atoms with Crippen molar-refractivity contribution in [2.75, 3.05) is 18.9 Å². The summed E-state index contributed by atoms with van der Waals surface area (Å²) in [7, 11) is 3.76. The van der Waals surface area contributed by atoms with Gasteiger partial charge in [-0.2, -0.15) is 0 Å². The van der Waals surface area contributed by atoms with Crippen molar-refractivity contribution in [1.82, 2.24) is 14.8 Å². The van der Waals surface area contributed by atoms with Crippen LogP contribution in [0.15, 0.2) is 30.3 Å². The highest BCUT2D eigenvalue weighted by molar-refractivity contribution is 5.31. The lowest BCUT2D eigenvalue weighted by Gasteiger charge is -2.14. The Kier molecular flexibility index (Phi) is 3.39. The fourth-order valence-corrected chi connectivity index (χ4v) is 1.94. The van der Waals surface area contributed by atoms with Gasteiger partial charge in [-0.05, 0) is 5.56 Å². The van der Waals surface area contributed by atoms with Gasteiger partial charge in [0.05, 0.1) is 5.92 Å². The molecule has 0 spiro atoms. The second kappa shape index (κ2) is 4.97. The third kappa shape index (κ3) is 2.14. The Morgan fingerprint density at radius 2 is 2.00 bits per heavy atom. The van der Waals surface area contributed by atoms with Gasteiger partial charge in [0.15, 0.2) is 0 Å². The Balaban J connectivity index is 2.39. The number of benzene rings is 1. The smallest absolute Gasteiger partial charge is 0.224 e. The van der Waals surface area contributed by atoms with Crippen molar-refractivity contribution in [3.8, 4) is 0 Å². The van der Waals surface area contributed by atoms with Crippen LogP contribution in [0.2, 0.25) is 0 Å². The van der Waals surface area contributed by atoms with Gasteiger partial charge in [-0.15, -0.1) is 10.2 Å². The van der Waals surface area contributed by atoms with Crippen molar-refractivity contribution in [2.24, 2.45) is 12.8 Å². The van der Waals surface area contributed by atoms with Crippen molar-refractivity contribution in [3.63, 3.8) is 0 Å². The molecule has 2 aromatic rings. The fourth-order valence-electron chi connectivity index (χ4n) is 1.94. The lowest BCUT2D eigenvalue weighted by Crippen LogP contribution is -2.18. The molecule has 1 atom stereocenters. The zero-order valence-electron chi connectivity index (χ0n) is 10.1. The molecule has 5 heteroatoms. The van der Waals surface area contributed by atoms with Crippen LogP contribution in [0.4, 0.5) is 5.95 Å². The monoisotopic (exact) mass is 231 g/mol. The quantitative estimate of drug-likeness (QED) is 0.822. The zero-order chi connectivity index (χ0) is 12.3. The molecule has 1 aromatic carbocycles. The number of nitrogens with one attached hydrogen (secondary N) is 1. The lowest BCUT2D eigenvalue weighted by molar-refractivity contribution is 0.698. The molecule has 0 fully saturated rings. The molecule has 0 saturated carbocycles. The predicted octanol–water partition coefficient (Wildman–Crippen LogP) is 0.947. The number of aromatic nitrogens is 3. The number of nitrogens with two attached hydrogens (primary N) is 1. The molecule has 0 radical (unpaired) electrons. The number of hydrogen-bond donors (Lipinski definition) is 2. The van der Waals surface area contributed by atoms with E-state index in [1.165, 1.54) is 0 Å². The summed E-state index contributed by atoms with van der Waals surface area (Å²) in [5.74, 6) is 1.70. The maximum Gasteiger partial charge on any atom is 0.224 e. The first-order valence-corrected chi connectivity index (χ1v) is 5.60. The summed E-state index contributed by atoms with van der Waals surface area (Å²) in [6.45, 7) is 0.514. The molecule has 0 aliphatic carbocycles. The summed E-state index contributed by atoms with van der Waals surface area (Å²) in [4.78, 5) is 0. The van der Waals surface area contributed by atoms with Crippen LogP contribution in [-0.4, -0.2) is 28.4 Å². The maximum atomic E-state index is 5.85. The molecule has 0 aliphatic rings. The highest BCUT2D eigenvalue weighted by Gasteiger charge is 2.19. The van der Waals surface area contributed by atoms with E-state index in [1.807, 2.05) is 36.9 Å². The van der Waals surface area contributed by atoms with Gasteiger partial charge in [0.25, 0.3) is 0 Å². The van der Waals surface area contributed by atoms with Crippen LogP contribution in [0.25, 0.3) is 0 Å². The Morgan fingerprint density at radius 3 is 2.53 bits per heavy atom. The van der Waals surface area contributed by atoms with E-state index in [2.05, 4.69) is 27.6 Å². The molecular formula is C12H17N5. The van der Waals surface area contributed by atoms with Gasteiger partial charge >= 0.3 is 0 Å². The zero-order valence-corrected chi connectivity index (χ0v) is 10.1. The predicted molar refractivity (Wildman–Crippen MR) is 67.9 cm³/mol. The number of rotatable bonds is 4. The molecule has 2 rings (SSSR count). The van der Waals surface area contributed by atoms with Crippen molar-refractivity contribution >= 4 is 5.95 Å². The van der Waals surface area contributed by atoms with Crippen LogP contribution < -0.4 is 11.1 Å². The van der Waals surface area contributed by atoms with Crippen molar-refractivity contribution in [1.29, 1.82) is 0 Å². The molecule has 0 amide bonds. The molecule has 0 bridgehead atoms. The van der Waals surface area contributed by atoms with Crippen LogP contribution in [0.3, 0.4) is 0 Å². The van der Waals surface area contributed by atoms with E-state index in [0.717, 1.165) is 17.3 Å². The Morgan fingerprint density at radius 1 is 1.29 bits per heavy atom. The van der Waals surface area contributed by atoms with Gasteiger partial charge in [0.1, 0.15) is 5.82 Å². The van der Waals surface area contributed by atoms with E-state index in [9.17, 15) is 0 Å². The first kappa shape index (κ1) is 11.6. The SMILES string of the molecule is CNc1nnc(C(CN)c2ccccc2)n1C. The van der Waals surface area contributed by atoms with Crippen LogP contribution in [-0.2, 0) is 7.05 Å². The first-order valence-electron chi connectivity index (χ1n) is 5.60. The average molecular weight is 231 g/mol. The Bertz CT molecular complexity index is 477. The van der Waals surface area contributed by atoms with E-state index < -0.39 is 0 Å². The Hall–Kier alpha value is -1.88. The van der Waals surface area contributed by atoms with E-state index in [-0.39, 0.29) is 5.92 Å². The summed E-state index contributed by atoms with van der Waals surface area (Å²) < 4.78 is 1.94. The minimum Gasteiger partial charge on any atom is -0.357 e. The molecule has 0 saturated heterocycles. The summed E-state index contributed by atoms with van der Waals surface area (Å²) >= 11 is 0. The number of anilines is 1. The van der Waals surface area contributed by atoms with Crippen molar-refractivity contribution in [2.45, 2.75) is 5.92 Å².